The van der Waals surface area contributed by atoms with E-state index in [1.165, 1.54) is 22.9 Å². The molecule has 3 nitrogen and oxygen atoms in total. The maximum Gasteiger partial charge on any atom is 0.277 e. The van der Waals surface area contributed by atoms with E-state index in [0.717, 1.165) is 5.75 Å². The SMILES string of the molecule is CC(C)(C)c1ccc(CSc2ccn[nH]c2=O)cc1. The average molecular weight is 274 g/mol. The summed E-state index contributed by atoms with van der Waals surface area (Å²) in [4.78, 5) is 12.2. The zero-order chi connectivity index (χ0) is 13.9. The Morgan fingerprint density at radius 2 is 1.84 bits per heavy atom. The van der Waals surface area contributed by atoms with Crippen molar-refractivity contribution in [1.82, 2.24) is 10.2 Å². The number of thioether (sulfide) groups is 1. The van der Waals surface area contributed by atoms with E-state index in [-0.39, 0.29) is 11.0 Å². The van der Waals surface area contributed by atoms with E-state index in [1.54, 1.807) is 12.3 Å². The standard InChI is InChI=1S/C15H18N2OS/c1-15(2,3)12-6-4-11(5-7-12)10-19-13-8-9-16-17-14(13)18/h4-9H,10H2,1-3H3,(H,17,18). The van der Waals surface area contributed by atoms with Crippen LogP contribution in [0.1, 0.15) is 31.9 Å². The highest BCUT2D eigenvalue weighted by Gasteiger charge is 2.12. The van der Waals surface area contributed by atoms with E-state index in [4.69, 9.17) is 0 Å². The van der Waals surface area contributed by atoms with Gasteiger partial charge in [0.15, 0.2) is 0 Å². The molecule has 0 bridgehead atoms. The van der Waals surface area contributed by atoms with Gasteiger partial charge in [-0.3, -0.25) is 4.79 Å². The van der Waals surface area contributed by atoms with Crippen LogP contribution in [0.15, 0.2) is 46.2 Å². The molecule has 4 heteroatoms. The Hall–Kier alpha value is -1.55. The molecule has 2 rings (SSSR count). The van der Waals surface area contributed by atoms with E-state index in [1.807, 2.05) is 0 Å². The van der Waals surface area contributed by atoms with Crippen LogP contribution < -0.4 is 5.56 Å². The number of H-pyrrole nitrogens is 1. The zero-order valence-electron chi connectivity index (χ0n) is 11.4. The number of hydrogen-bond donors (Lipinski definition) is 1. The predicted molar refractivity (Wildman–Crippen MR) is 79.6 cm³/mol. The summed E-state index contributed by atoms with van der Waals surface area (Å²) in [6, 6.07) is 10.3. The third-order valence-electron chi connectivity index (χ3n) is 2.90. The van der Waals surface area contributed by atoms with Crippen LogP contribution in [0.3, 0.4) is 0 Å². The van der Waals surface area contributed by atoms with Gasteiger partial charge in [-0.15, -0.1) is 11.8 Å². The van der Waals surface area contributed by atoms with E-state index in [9.17, 15) is 4.79 Å². The second-order valence-corrected chi connectivity index (χ2v) is 6.50. The molecular weight excluding hydrogens is 256 g/mol. The fraction of sp³-hybridized carbons (Fsp3) is 0.333. The maximum atomic E-state index is 11.5. The summed E-state index contributed by atoms with van der Waals surface area (Å²) in [5.74, 6) is 0.789. The molecule has 0 saturated heterocycles. The first kappa shape index (κ1) is 13.9. The van der Waals surface area contributed by atoms with Gasteiger partial charge in [-0.1, -0.05) is 45.0 Å². The van der Waals surface area contributed by atoms with Crippen LogP contribution in [0.25, 0.3) is 0 Å². The summed E-state index contributed by atoms with van der Waals surface area (Å²) in [6.45, 7) is 6.60. The number of aromatic amines is 1. The molecule has 0 spiro atoms. The highest BCUT2D eigenvalue weighted by atomic mass is 32.2. The first-order chi connectivity index (χ1) is 8.97. The molecule has 0 radical (unpaired) electrons. The first-order valence-electron chi connectivity index (χ1n) is 6.23. The lowest BCUT2D eigenvalue weighted by Crippen LogP contribution is -2.10. The van der Waals surface area contributed by atoms with Gasteiger partial charge in [0, 0.05) is 11.9 Å². The van der Waals surface area contributed by atoms with Crippen LogP contribution in [0, 0.1) is 0 Å². The minimum atomic E-state index is -0.126. The number of hydrogen-bond acceptors (Lipinski definition) is 3. The van der Waals surface area contributed by atoms with Crippen molar-refractivity contribution in [1.29, 1.82) is 0 Å². The fourth-order valence-electron chi connectivity index (χ4n) is 1.71. The van der Waals surface area contributed by atoms with Gasteiger partial charge in [0.25, 0.3) is 5.56 Å². The zero-order valence-corrected chi connectivity index (χ0v) is 12.3. The second kappa shape index (κ2) is 5.61. The first-order valence-corrected chi connectivity index (χ1v) is 7.21. The van der Waals surface area contributed by atoms with Gasteiger partial charge in [0.1, 0.15) is 0 Å². The summed E-state index contributed by atoms with van der Waals surface area (Å²) in [6.07, 6.45) is 1.60. The molecule has 100 valence electrons. The van der Waals surface area contributed by atoms with Crippen molar-refractivity contribution in [3.05, 3.63) is 58.0 Å². The molecule has 1 aromatic heterocycles. The van der Waals surface area contributed by atoms with Crippen molar-refractivity contribution in [2.45, 2.75) is 36.8 Å². The molecule has 0 aliphatic heterocycles. The van der Waals surface area contributed by atoms with Gasteiger partial charge in [0.2, 0.25) is 0 Å². The Kier molecular flexibility index (Phi) is 4.10. The predicted octanol–water partition coefficient (Wildman–Crippen LogP) is 3.36. The van der Waals surface area contributed by atoms with Gasteiger partial charge in [-0.2, -0.15) is 5.10 Å². The third kappa shape index (κ3) is 3.70. The van der Waals surface area contributed by atoms with Crippen molar-refractivity contribution < 1.29 is 0 Å². The largest absolute Gasteiger partial charge is 0.277 e. The van der Waals surface area contributed by atoms with Gasteiger partial charge in [0.05, 0.1) is 4.90 Å². The van der Waals surface area contributed by atoms with Crippen molar-refractivity contribution >= 4 is 11.8 Å². The fourth-order valence-corrected chi connectivity index (χ4v) is 2.56. The lowest BCUT2D eigenvalue weighted by atomic mass is 9.87. The lowest BCUT2D eigenvalue weighted by Gasteiger charge is -2.19. The van der Waals surface area contributed by atoms with E-state index in [2.05, 4.69) is 55.2 Å². The van der Waals surface area contributed by atoms with Crippen LogP contribution in [0.5, 0.6) is 0 Å². The number of benzene rings is 1. The summed E-state index contributed by atoms with van der Waals surface area (Å²) >= 11 is 1.53. The monoisotopic (exact) mass is 274 g/mol. The van der Waals surface area contributed by atoms with Gasteiger partial charge in [-0.05, 0) is 22.6 Å². The molecule has 0 atom stereocenters. The Balaban J connectivity index is 2.05. The van der Waals surface area contributed by atoms with Crippen molar-refractivity contribution in [2.24, 2.45) is 0 Å². The molecule has 1 N–H and O–H groups in total. The summed E-state index contributed by atoms with van der Waals surface area (Å²) in [7, 11) is 0. The molecular formula is C15H18N2OS. The number of nitrogens with one attached hydrogen (secondary N) is 1. The van der Waals surface area contributed by atoms with Crippen LogP contribution >= 0.6 is 11.8 Å². The third-order valence-corrected chi connectivity index (χ3v) is 4.01. The Morgan fingerprint density at radius 1 is 1.16 bits per heavy atom. The summed E-state index contributed by atoms with van der Waals surface area (Å²) in [5.41, 5.74) is 2.59. The topological polar surface area (TPSA) is 45.8 Å². The second-order valence-electron chi connectivity index (χ2n) is 5.49. The minimum Gasteiger partial charge on any atom is -0.267 e. The summed E-state index contributed by atoms with van der Waals surface area (Å²) < 4.78 is 0. The summed E-state index contributed by atoms with van der Waals surface area (Å²) in [5, 5.41) is 6.13. The highest BCUT2D eigenvalue weighted by molar-refractivity contribution is 7.98. The minimum absolute atomic E-state index is 0.126. The molecule has 0 aliphatic rings. The molecule has 0 unspecified atom stereocenters. The Morgan fingerprint density at radius 3 is 2.42 bits per heavy atom. The van der Waals surface area contributed by atoms with Crippen LogP contribution in [0.2, 0.25) is 0 Å². The molecule has 0 aliphatic carbocycles. The van der Waals surface area contributed by atoms with Gasteiger partial charge >= 0.3 is 0 Å². The van der Waals surface area contributed by atoms with E-state index >= 15 is 0 Å². The van der Waals surface area contributed by atoms with Crippen molar-refractivity contribution in [3.8, 4) is 0 Å². The average Bonchev–Trinajstić information content (AvgIpc) is 2.37. The van der Waals surface area contributed by atoms with Gasteiger partial charge in [-0.25, -0.2) is 5.10 Å². The molecule has 19 heavy (non-hydrogen) atoms. The molecule has 2 aromatic rings. The molecule has 0 amide bonds. The maximum absolute atomic E-state index is 11.5. The van der Waals surface area contributed by atoms with E-state index < -0.39 is 0 Å². The lowest BCUT2D eigenvalue weighted by molar-refractivity contribution is 0.590. The van der Waals surface area contributed by atoms with E-state index in [0.29, 0.717) is 4.90 Å². The van der Waals surface area contributed by atoms with Crippen LogP contribution in [-0.4, -0.2) is 10.2 Å². The van der Waals surface area contributed by atoms with Crippen LogP contribution in [-0.2, 0) is 11.2 Å². The van der Waals surface area contributed by atoms with Gasteiger partial charge < -0.3 is 0 Å². The van der Waals surface area contributed by atoms with Crippen molar-refractivity contribution in [3.63, 3.8) is 0 Å². The molecule has 0 fully saturated rings. The molecule has 0 saturated carbocycles. The number of nitrogens with zero attached hydrogens (tertiary/aromatic N) is 1. The van der Waals surface area contributed by atoms with Crippen molar-refractivity contribution in [2.75, 3.05) is 0 Å². The quantitative estimate of drug-likeness (QED) is 0.873. The Bertz CT molecular complexity index is 597. The number of rotatable bonds is 3. The number of aromatic nitrogens is 2. The smallest absolute Gasteiger partial charge is 0.267 e. The molecule has 1 heterocycles. The van der Waals surface area contributed by atoms with Crippen LogP contribution in [0.4, 0.5) is 0 Å². The highest BCUT2D eigenvalue weighted by Crippen LogP contribution is 2.24. The molecule has 1 aromatic carbocycles. The normalized spacial score (nSPS) is 11.5. The Labute approximate surface area is 117 Å².